The third kappa shape index (κ3) is 6.02. The van der Waals surface area contributed by atoms with Crippen LogP contribution in [0.5, 0.6) is 5.75 Å². The van der Waals surface area contributed by atoms with E-state index in [0.29, 0.717) is 22.9 Å². The topological polar surface area (TPSA) is 88.1 Å². The minimum Gasteiger partial charge on any atom is -0.496 e. The second-order valence-electron chi connectivity index (χ2n) is 11.2. The van der Waals surface area contributed by atoms with Gasteiger partial charge in [0.2, 0.25) is 0 Å². The number of carboxylic acid groups (broad SMARTS) is 1. The van der Waals surface area contributed by atoms with Gasteiger partial charge in [0.25, 0.3) is 5.91 Å². The first-order valence-corrected chi connectivity index (χ1v) is 13.7. The van der Waals surface area contributed by atoms with Crippen LogP contribution in [0.15, 0.2) is 78.9 Å². The summed E-state index contributed by atoms with van der Waals surface area (Å²) in [6.07, 6.45) is -0.954. The normalized spacial score (nSPS) is 21.7. The maximum atomic E-state index is 14.4. The summed E-state index contributed by atoms with van der Waals surface area (Å²) in [5, 5.41) is 14.9. The van der Waals surface area contributed by atoms with Crippen LogP contribution in [-0.2, 0) is 20.9 Å². The molecule has 0 aromatic heterocycles. The zero-order valence-electron chi connectivity index (χ0n) is 23.5. The van der Waals surface area contributed by atoms with Crippen LogP contribution < -0.4 is 10.1 Å². The number of methoxy groups -OCH3 is 2. The molecule has 3 aromatic carbocycles. The van der Waals surface area contributed by atoms with Crippen molar-refractivity contribution in [2.24, 2.45) is 11.3 Å². The summed E-state index contributed by atoms with van der Waals surface area (Å²) in [5.74, 6) is -1.25. The summed E-state index contributed by atoms with van der Waals surface area (Å²) in [7, 11) is 3.06. The van der Waals surface area contributed by atoms with Crippen LogP contribution in [0, 0.1) is 11.3 Å². The average Bonchev–Trinajstić information content (AvgIpc) is 3.30. The number of hydrogen-bond acceptors (Lipinski definition) is 5. The molecule has 4 rings (SSSR count). The molecule has 1 aliphatic rings. The van der Waals surface area contributed by atoms with Crippen molar-refractivity contribution in [3.63, 3.8) is 0 Å². The number of benzene rings is 3. The van der Waals surface area contributed by atoms with E-state index in [9.17, 15) is 14.7 Å². The molecule has 7 nitrogen and oxygen atoms in total. The highest BCUT2D eigenvalue weighted by Crippen LogP contribution is 2.49. The van der Waals surface area contributed by atoms with Crippen molar-refractivity contribution in [2.45, 2.75) is 51.5 Å². The predicted molar refractivity (Wildman–Crippen MR) is 155 cm³/mol. The maximum Gasteiger partial charge on any atom is 0.326 e. The van der Waals surface area contributed by atoms with Gasteiger partial charge in [0.1, 0.15) is 11.8 Å². The van der Waals surface area contributed by atoms with E-state index < -0.39 is 47.4 Å². The molecule has 8 heteroatoms. The molecule has 5 atom stereocenters. The van der Waals surface area contributed by atoms with Crippen LogP contribution in [0.25, 0.3) is 0 Å². The van der Waals surface area contributed by atoms with Gasteiger partial charge in [0.15, 0.2) is 6.10 Å². The highest BCUT2D eigenvalue weighted by atomic mass is 35.5. The van der Waals surface area contributed by atoms with E-state index in [1.165, 1.54) is 12.0 Å². The minimum atomic E-state index is -1.09. The summed E-state index contributed by atoms with van der Waals surface area (Å²) in [5.41, 5.74) is 1.92. The smallest absolute Gasteiger partial charge is 0.326 e. The first-order chi connectivity index (χ1) is 19.1. The fourth-order valence-electron chi connectivity index (χ4n) is 5.96. The number of nitrogens with zero attached hydrogens (tertiary/aromatic N) is 1. The molecule has 212 valence electrons. The second-order valence-corrected chi connectivity index (χ2v) is 11.6. The third-order valence-electron chi connectivity index (χ3n) is 7.65. The van der Waals surface area contributed by atoms with Crippen molar-refractivity contribution in [1.82, 2.24) is 10.2 Å². The van der Waals surface area contributed by atoms with Crippen LogP contribution in [0.4, 0.5) is 0 Å². The average molecular weight is 565 g/mol. The molecule has 1 heterocycles. The number of carboxylic acids is 1. The molecule has 2 N–H and O–H groups in total. The lowest BCUT2D eigenvalue weighted by molar-refractivity contribution is -0.157. The van der Waals surface area contributed by atoms with Crippen molar-refractivity contribution in [3.8, 4) is 5.75 Å². The Hall–Kier alpha value is -3.39. The summed E-state index contributed by atoms with van der Waals surface area (Å²) >= 11 is 6.19. The van der Waals surface area contributed by atoms with Gasteiger partial charge in [0, 0.05) is 36.2 Å². The van der Waals surface area contributed by atoms with E-state index >= 15 is 0 Å². The van der Waals surface area contributed by atoms with Gasteiger partial charge in [0.05, 0.1) is 13.2 Å². The number of halogens is 1. The van der Waals surface area contributed by atoms with Crippen LogP contribution >= 0.6 is 11.6 Å². The lowest BCUT2D eigenvalue weighted by Gasteiger charge is -2.35. The first kappa shape index (κ1) is 29.6. The number of carbonyl (C=O) groups is 2. The standard InChI is InChI=1S/C32H37ClN2O5/c1-32(2,3)25-26(34-19-22-16-17-23(33)18-24(22)39-4)27(20-12-8-6-9-13-20)35(28(25)31(37)38)30(36)29(40-5)21-14-10-7-11-15-21/h6-18,25-29,34H,19H2,1-5H3,(H,37,38)/t25-,26-,27-,28-,29+/m0/s1. The molecule has 1 aliphatic heterocycles. The maximum absolute atomic E-state index is 14.4. The molecule has 3 aromatic rings. The van der Waals surface area contributed by atoms with E-state index in [1.54, 1.807) is 19.2 Å². The van der Waals surface area contributed by atoms with Gasteiger partial charge in [-0.25, -0.2) is 4.79 Å². The molecule has 40 heavy (non-hydrogen) atoms. The highest BCUT2D eigenvalue weighted by molar-refractivity contribution is 6.30. The molecule has 1 saturated heterocycles. The van der Waals surface area contributed by atoms with Gasteiger partial charge in [-0.3, -0.25) is 4.79 Å². The van der Waals surface area contributed by atoms with E-state index in [4.69, 9.17) is 21.1 Å². The summed E-state index contributed by atoms with van der Waals surface area (Å²) in [4.78, 5) is 29.0. The van der Waals surface area contributed by atoms with Crippen LogP contribution in [0.2, 0.25) is 5.02 Å². The Balaban J connectivity index is 1.85. The SMILES string of the molecule is COc1cc(Cl)ccc1CN[C@H]1[C@H](C(C)(C)C)[C@@H](C(=O)O)N(C(=O)[C@H](OC)c2ccccc2)[C@H]1c1ccccc1. The number of nitrogens with one attached hydrogen (secondary N) is 1. The van der Waals surface area contributed by atoms with Crippen molar-refractivity contribution in [3.05, 3.63) is 101 Å². The van der Waals surface area contributed by atoms with Crippen molar-refractivity contribution in [1.29, 1.82) is 0 Å². The third-order valence-corrected chi connectivity index (χ3v) is 7.89. The van der Waals surface area contributed by atoms with Gasteiger partial charge < -0.3 is 24.8 Å². The van der Waals surface area contributed by atoms with Gasteiger partial charge in [-0.15, -0.1) is 0 Å². The monoisotopic (exact) mass is 564 g/mol. The number of ether oxygens (including phenoxy) is 2. The van der Waals surface area contributed by atoms with E-state index in [2.05, 4.69) is 5.32 Å². The number of likely N-dealkylation sites (tertiary alicyclic amines) is 1. The van der Waals surface area contributed by atoms with Crippen molar-refractivity contribution < 1.29 is 24.2 Å². The Morgan fingerprint density at radius 3 is 2.17 bits per heavy atom. The zero-order chi connectivity index (χ0) is 29.0. The Bertz CT molecular complexity index is 1310. The number of aliphatic carboxylic acids is 1. The van der Waals surface area contributed by atoms with Gasteiger partial charge in [-0.2, -0.15) is 0 Å². The van der Waals surface area contributed by atoms with Gasteiger partial charge in [-0.1, -0.05) is 99.1 Å². The summed E-state index contributed by atoms with van der Waals surface area (Å²) in [6.45, 7) is 6.45. The van der Waals surface area contributed by atoms with Crippen molar-refractivity contribution in [2.75, 3.05) is 14.2 Å². The van der Waals surface area contributed by atoms with Gasteiger partial charge in [-0.05, 0) is 28.7 Å². The molecule has 0 aliphatic carbocycles. The molecular formula is C32H37ClN2O5. The fraction of sp³-hybridized carbons (Fsp3) is 0.375. The molecule has 0 bridgehead atoms. The fourth-order valence-corrected chi connectivity index (χ4v) is 6.12. The number of carbonyl (C=O) groups excluding carboxylic acids is 1. The molecule has 1 amide bonds. The quantitative estimate of drug-likeness (QED) is 0.337. The van der Waals surface area contributed by atoms with Crippen LogP contribution in [0.3, 0.4) is 0 Å². The number of rotatable bonds is 9. The molecule has 0 spiro atoms. The van der Waals surface area contributed by atoms with Gasteiger partial charge >= 0.3 is 5.97 Å². The Morgan fingerprint density at radius 1 is 1.00 bits per heavy atom. The molecule has 1 fully saturated rings. The Kier molecular flexibility index (Phi) is 9.19. The predicted octanol–water partition coefficient (Wildman–Crippen LogP) is 5.89. The Morgan fingerprint density at radius 2 is 1.62 bits per heavy atom. The van der Waals surface area contributed by atoms with E-state index in [1.807, 2.05) is 87.5 Å². The molecule has 0 saturated carbocycles. The number of hydrogen-bond donors (Lipinski definition) is 2. The molecule has 0 unspecified atom stereocenters. The minimum absolute atomic E-state index is 0.391. The van der Waals surface area contributed by atoms with E-state index in [-0.39, 0.29) is 0 Å². The lowest BCUT2D eigenvalue weighted by atomic mass is 9.72. The number of amides is 1. The summed E-state index contributed by atoms with van der Waals surface area (Å²) in [6, 6.07) is 22.1. The zero-order valence-corrected chi connectivity index (χ0v) is 24.3. The molecule has 0 radical (unpaired) electrons. The van der Waals surface area contributed by atoms with E-state index in [0.717, 1.165) is 11.1 Å². The summed E-state index contributed by atoms with van der Waals surface area (Å²) < 4.78 is 11.3. The largest absolute Gasteiger partial charge is 0.496 e. The van der Waals surface area contributed by atoms with Crippen LogP contribution in [0.1, 0.15) is 49.6 Å². The lowest BCUT2D eigenvalue weighted by Crippen LogP contribution is -2.49. The molecular weight excluding hydrogens is 528 g/mol. The second kappa shape index (κ2) is 12.4. The van der Waals surface area contributed by atoms with Crippen molar-refractivity contribution >= 4 is 23.5 Å². The van der Waals surface area contributed by atoms with Crippen LogP contribution in [-0.4, -0.2) is 48.2 Å². The first-order valence-electron chi connectivity index (χ1n) is 13.3. The highest BCUT2D eigenvalue weighted by Gasteiger charge is 2.58. The Labute approximate surface area is 241 Å².